The van der Waals surface area contributed by atoms with Gasteiger partial charge in [0.15, 0.2) is 11.0 Å². The van der Waals surface area contributed by atoms with E-state index in [1.807, 2.05) is 22.1 Å². The molecule has 1 saturated carbocycles. The van der Waals surface area contributed by atoms with Crippen LogP contribution in [0.4, 0.5) is 18.9 Å². The molecule has 1 amide bonds. The summed E-state index contributed by atoms with van der Waals surface area (Å²) in [5.74, 6) is 0.341. The number of rotatable bonds is 6. The molecule has 0 saturated heterocycles. The highest BCUT2D eigenvalue weighted by molar-refractivity contribution is 8.00. The molecule has 30 heavy (non-hydrogen) atoms. The van der Waals surface area contributed by atoms with Gasteiger partial charge in [-0.2, -0.15) is 13.2 Å². The van der Waals surface area contributed by atoms with Crippen molar-refractivity contribution in [2.24, 2.45) is 0 Å². The van der Waals surface area contributed by atoms with E-state index in [0.29, 0.717) is 11.2 Å². The third-order valence-corrected chi connectivity index (χ3v) is 6.76. The Hall–Kier alpha value is -2.04. The molecule has 1 atom stereocenters. The summed E-state index contributed by atoms with van der Waals surface area (Å²) in [5, 5.41) is 12.7. The highest BCUT2D eigenvalue weighted by Crippen LogP contribution is 2.42. The smallest absolute Gasteiger partial charge is 0.325 e. The average molecular weight is 473 g/mol. The molecule has 0 bridgehead atoms. The van der Waals surface area contributed by atoms with Crippen molar-refractivity contribution in [3.8, 4) is 10.7 Å². The van der Waals surface area contributed by atoms with Gasteiger partial charge in [-0.25, -0.2) is 0 Å². The minimum absolute atomic E-state index is 0.0344. The van der Waals surface area contributed by atoms with Gasteiger partial charge in [0.25, 0.3) is 0 Å². The lowest BCUT2D eigenvalue weighted by molar-refractivity contribution is -0.137. The normalized spacial score (nSPS) is 15.2. The first-order valence-electron chi connectivity index (χ1n) is 9.07. The van der Waals surface area contributed by atoms with Crippen LogP contribution >= 0.6 is 34.7 Å². The minimum Gasteiger partial charge on any atom is -0.325 e. The minimum atomic E-state index is -4.60. The number of carbonyl (C=O) groups excluding carboxylic acids is 1. The van der Waals surface area contributed by atoms with Crippen LogP contribution < -0.4 is 5.32 Å². The van der Waals surface area contributed by atoms with Crippen LogP contribution in [0, 0.1) is 0 Å². The fourth-order valence-corrected chi connectivity index (χ4v) is 4.72. The van der Waals surface area contributed by atoms with Crippen molar-refractivity contribution in [1.29, 1.82) is 0 Å². The molecular formula is C19H16ClF3N4OS2. The predicted molar refractivity (Wildman–Crippen MR) is 112 cm³/mol. The number of anilines is 1. The number of carbonyl (C=O) groups is 1. The monoisotopic (exact) mass is 472 g/mol. The summed E-state index contributed by atoms with van der Waals surface area (Å²) >= 11 is 8.43. The van der Waals surface area contributed by atoms with E-state index in [1.54, 1.807) is 18.3 Å². The molecule has 5 nitrogen and oxygen atoms in total. The van der Waals surface area contributed by atoms with Crippen LogP contribution in [0.1, 0.15) is 31.4 Å². The van der Waals surface area contributed by atoms with Crippen LogP contribution in [-0.4, -0.2) is 25.9 Å². The second-order valence-electron chi connectivity index (χ2n) is 6.83. The summed E-state index contributed by atoms with van der Waals surface area (Å²) < 4.78 is 41.2. The van der Waals surface area contributed by atoms with Gasteiger partial charge < -0.3 is 5.32 Å². The molecule has 1 aliphatic rings. The van der Waals surface area contributed by atoms with Gasteiger partial charge in [0.05, 0.1) is 20.7 Å². The van der Waals surface area contributed by atoms with Gasteiger partial charge in [-0.3, -0.25) is 9.36 Å². The maximum absolute atomic E-state index is 13.0. The zero-order chi connectivity index (χ0) is 21.5. The highest BCUT2D eigenvalue weighted by atomic mass is 35.5. The highest BCUT2D eigenvalue weighted by Gasteiger charge is 2.34. The summed E-state index contributed by atoms with van der Waals surface area (Å²) in [7, 11) is 0. The molecule has 3 aromatic rings. The van der Waals surface area contributed by atoms with Crippen LogP contribution in [0.2, 0.25) is 5.02 Å². The summed E-state index contributed by atoms with van der Waals surface area (Å²) in [6, 6.07) is 7.51. The van der Waals surface area contributed by atoms with Gasteiger partial charge in [0, 0.05) is 11.7 Å². The summed E-state index contributed by atoms with van der Waals surface area (Å²) in [4.78, 5) is 13.6. The molecule has 2 heterocycles. The maximum Gasteiger partial charge on any atom is 0.417 e. The van der Waals surface area contributed by atoms with Crippen LogP contribution in [0.3, 0.4) is 0 Å². The Kier molecular flexibility index (Phi) is 5.82. The number of thioether (sulfide) groups is 1. The third-order valence-electron chi connectivity index (χ3n) is 4.51. The molecule has 0 spiro atoms. The number of amides is 1. The number of hydrogen-bond acceptors (Lipinski definition) is 5. The van der Waals surface area contributed by atoms with Gasteiger partial charge in [0.1, 0.15) is 0 Å². The molecule has 0 aliphatic heterocycles. The Morgan fingerprint density at radius 3 is 2.73 bits per heavy atom. The van der Waals surface area contributed by atoms with E-state index in [1.165, 1.54) is 17.8 Å². The van der Waals surface area contributed by atoms with E-state index in [9.17, 15) is 18.0 Å². The van der Waals surface area contributed by atoms with Crippen molar-refractivity contribution in [2.45, 2.75) is 42.4 Å². The molecule has 0 radical (unpaired) electrons. The predicted octanol–water partition coefficient (Wildman–Crippen LogP) is 6.13. The number of benzene rings is 1. The fourth-order valence-electron chi connectivity index (χ4n) is 2.87. The SMILES string of the molecule is CC(Sc1nnc(-c2cccs2)n1C1CC1)C(=O)Nc1ccc(Cl)c(C(F)(F)F)c1. The van der Waals surface area contributed by atoms with Gasteiger partial charge in [-0.1, -0.05) is 29.4 Å². The van der Waals surface area contributed by atoms with Crippen molar-refractivity contribution in [3.63, 3.8) is 0 Å². The Bertz CT molecular complexity index is 1060. The Labute approximate surface area is 183 Å². The van der Waals surface area contributed by atoms with Crippen molar-refractivity contribution in [1.82, 2.24) is 14.8 Å². The van der Waals surface area contributed by atoms with Crippen molar-refractivity contribution < 1.29 is 18.0 Å². The van der Waals surface area contributed by atoms with E-state index in [4.69, 9.17) is 11.6 Å². The second kappa shape index (κ2) is 8.24. The van der Waals surface area contributed by atoms with Crippen LogP contribution in [0.25, 0.3) is 10.7 Å². The van der Waals surface area contributed by atoms with Gasteiger partial charge >= 0.3 is 6.18 Å². The number of hydrogen-bond donors (Lipinski definition) is 1. The van der Waals surface area contributed by atoms with Crippen LogP contribution in [-0.2, 0) is 11.0 Å². The van der Waals surface area contributed by atoms with Crippen molar-refractivity contribution >= 4 is 46.3 Å². The molecule has 158 valence electrons. The summed E-state index contributed by atoms with van der Waals surface area (Å²) in [6.45, 7) is 1.68. The molecule has 2 aromatic heterocycles. The summed E-state index contributed by atoms with van der Waals surface area (Å²) in [5.41, 5.74) is -0.955. The number of halogens is 4. The molecule has 1 fully saturated rings. The molecule has 1 unspecified atom stereocenters. The lowest BCUT2D eigenvalue weighted by atomic mass is 10.2. The zero-order valence-corrected chi connectivity index (χ0v) is 18.0. The van der Waals surface area contributed by atoms with E-state index in [0.717, 1.165) is 35.7 Å². The molecule has 1 aromatic carbocycles. The van der Waals surface area contributed by atoms with Gasteiger partial charge in [0.2, 0.25) is 5.91 Å². The molecule has 1 aliphatic carbocycles. The fraction of sp³-hybridized carbons (Fsp3) is 0.316. The molecule has 11 heteroatoms. The molecular weight excluding hydrogens is 457 g/mol. The Morgan fingerprint density at radius 1 is 1.33 bits per heavy atom. The topological polar surface area (TPSA) is 59.8 Å². The van der Waals surface area contributed by atoms with Crippen molar-refractivity contribution in [2.75, 3.05) is 5.32 Å². The Balaban J connectivity index is 1.50. The second-order valence-corrected chi connectivity index (χ2v) is 9.49. The Morgan fingerprint density at radius 2 is 2.10 bits per heavy atom. The number of alkyl halides is 3. The number of nitrogens with one attached hydrogen (secondary N) is 1. The van der Waals surface area contributed by atoms with Gasteiger partial charge in [-0.05, 0) is 49.4 Å². The first kappa shape index (κ1) is 21.2. The summed E-state index contributed by atoms with van der Waals surface area (Å²) in [6.07, 6.45) is -2.55. The van der Waals surface area contributed by atoms with E-state index in [2.05, 4.69) is 15.5 Å². The maximum atomic E-state index is 13.0. The molecule has 4 rings (SSSR count). The van der Waals surface area contributed by atoms with Crippen LogP contribution in [0.5, 0.6) is 0 Å². The quantitative estimate of drug-likeness (QED) is 0.438. The zero-order valence-electron chi connectivity index (χ0n) is 15.6. The van der Waals surface area contributed by atoms with Gasteiger partial charge in [-0.15, -0.1) is 21.5 Å². The van der Waals surface area contributed by atoms with Crippen molar-refractivity contribution in [3.05, 3.63) is 46.3 Å². The standard InChI is InChI=1S/C19H16ClF3N4OS2/c1-10(17(28)24-11-4-7-14(20)13(9-11)19(21,22)23)30-18-26-25-16(15-3-2-8-29-15)27(18)12-5-6-12/h2-4,7-10,12H,5-6H2,1H3,(H,24,28). The van der Waals surface area contributed by atoms with E-state index < -0.39 is 27.9 Å². The lowest BCUT2D eigenvalue weighted by Gasteiger charge is -2.15. The average Bonchev–Trinajstić information content (AvgIpc) is 3.21. The lowest BCUT2D eigenvalue weighted by Crippen LogP contribution is -2.23. The number of nitrogens with zero attached hydrogens (tertiary/aromatic N) is 3. The number of aromatic nitrogens is 3. The first-order chi connectivity index (χ1) is 14.2. The van der Waals surface area contributed by atoms with E-state index >= 15 is 0 Å². The molecule has 1 N–H and O–H groups in total. The number of thiophene rings is 1. The largest absolute Gasteiger partial charge is 0.417 e. The van der Waals surface area contributed by atoms with E-state index in [-0.39, 0.29) is 5.69 Å². The first-order valence-corrected chi connectivity index (χ1v) is 11.2. The third kappa shape index (κ3) is 4.50. The van der Waals surface area contributed by atoms with Crippen LogP contribution in [0.15, 0.2) is 40.9 Å².